The molecule has 1 atom stereocenters. The predicted molar refractivity (Wildman–Crippen MR) is 98.7 cm³/mol. The number of rotatable bonds is 6. The zero-order valence-electron chi connectivity index (χ0n) is 15.6. The summed E-state index contributed by atoms with van der Waals surface area (Å²) in [6.45, 7) is 6.17. The largest absolute Gasteiger partial charge is 0.476 e. The zero-order chi connectivity index (χ0) is 19.4. The van der Waals surface area contributed by atoms with E-state index in [2.05, 4.69) is 20.4 Å². The Kier molecular flexibility index (Phi) is 5.88. The lowest BCUT2D eigenvalue weighted by Gasteiger charge is -2.32. The molecule has 3 rings (SSSR count). The van der Waals surface area contributed by atoms with Gasteiger partial charge in [-0.2, -0.15) is 0 Å². The third-order valence-corrected chi connectivity index (χ3v) is 5.00. The number of aromatic carboxylic acids is 1. The van der Waals surface area contributed by atoms with Crippen molar-refractivity contribution in [2.45, 2.75) is 39.2 Å². The molecule has 3 heterocycles. The second-order valence-electron chi connectivity index (χ2n) is 7.28. The van der Waals surface area contributed by atoms with Gasteiger partial charge in [0.25, 0.3) is 5.91 Å². The van der Waals surface area contributed by atoms with E-state index in [4.69, 9.17) is 9.94 Å². The molecule has 2 aliphatic rings. The molecule has 1 amide bonds. The number of carbonyl (C=O) groups is 2. The standard InChI is InChI=1S/C18H25N5O4/c1-11(2)13-7-15(27-22-13)17(24)20-8-12-3-5-23(6-4-12)16-10-19-9-14(21-16)18(25)26/h9-12,15H,3-8H2,1-2H3,(H,20,24)(H,25,26). The Morgan fingerprint density at radius 3 is 2.70 bits per heavy atom. The van der Waals surface area contributed by atoms with Crippen LogP contribution in [-0.4, -0.2) is 58.4 Å². The summed E-state index contributed by atoms with van der Waals surface area (Å²) in [5, 5.41) is 16.0. The molecule has 1 unspecified atom stereocenters. The van der Waals surface area contributed by atoms with Gasteiger partial charge < -0.3 is 20.2 Å². The number of hydrogen-bond acceptors (Lipinski definition) is 7. The van der Waals surface area contributed by atoms with Gasteiger partial charge in [0.15, 0.2) is 5.69 Å². The van der Waals surface area contributed by atoms with Crippen molar-refractivity contribution in [2.75, 3.05) is 24.5 Å². The second kappa shape index (κ2) is 8.32. The summed E-state index contributed by atoms with van der Waals surface area (Å²) in [7, 11) is 0. The first-order chi connectivity index (χ1) is 12.9. The van der Waals surface area contributed by atoms with Gasteiger partial charge in [0, 0.05) is 26.1 Å². The van der Waals surface area contributed by atoms with E-state index < -0.39 is 12.1 Å². The van der Waals surface area contributed by atoms with Gasteiger partial charge in [-0.15, -0.1) is 0 Å². The van der Waals surface area contributed by atoms with Crippen LogP contribution in [0.15, 0.2) is 17.5 Å². The van der Waals surface area contributed by atoms with Crippen molar-refractivity contribution in [3.63, 3.8) is 0 Å². The van der Waals surface area contributed by atoms with Gasteiger partial charge in [0.2, 0.25) is 6.10 Å². The number of hydrogen-bond donors (Lipinski definition) is 2. The van der Waals surface area contributed by atoms with Gasteiger partial charge in [-0.25, -0.2) is 9.78 Å². The quantitative estimate of drug-likeness (QED) is 0.770. The number of carbonyl (C=O) groups excluding carboxylic acids is 1. The summed E-state index contributed by atoms with van der Waals surface area (Å²) in [5.41, 5.74) is 0.870. The maximum atomic E-state index is 12.2. The fraction of sp³-hybridized carbons (Fsp3) is 0.611. The fourth-order valence-corrected chi connectivity index (χ4v) is 3.21. The molecule has 1 fully saturated rings. The van der Waals surface area contributed by atoms with Gasteiger partial charge in [-0.1, -0.05) is 19.0 Å². The molecule has 9 nitrogen and oxygen atoms in total. The molecule has 1 aromatic heterocycles. The minimum absolute atomic E-state index is 0.0542. The highest BCUT2D eigenvalue weighted by atomic mass is 16.6. The van der Waals surface area contributed by atoms with E-state index in [0.717, 1.165) is 31.6 Å². The molecular formula is C18H25N5O4. The minimum Gasteiger partial charge on any atom is -0.476 e. The number of piperidine rings is 1. The first-order valence-electron chi connectivity index (χ1n) is 9.24. The summed E-state index contributed by atoms with van der Waals surface area (Å²) in [6.07, 6.45) is 4.64. The van der Waals surface area contributed by atoms with Crippen LogP contribution in [0.1, 0.15) is 43.6 Å². The van der Waals surface area contributed by atoms with Gasteiger partial charge >= 0.3 is 5.97 Å². The highest BCUT2D eigenvalue weighted by Crippen LogP contribution is 2.22. The number of nitrogens with zero attached hydrogens (tertiary/aromatic N) is 4. The molecule has 0 saturated carbocycles. The van der Waals surface area contributed by atoms with E-state index in [1.807, 2.05) is 18.7 Å². The van der Waals surface area contributed by atoms with Crippen molar-refractivity contribution in [1.29, 1.82) is 0 Å². The van der Waals surface area contributed by atoms with Crippen LogP contribution in [0.5, 0.6) is 0 Å². The number of anilines is 1. The molecule has 0 spiro atoms. The molecule has 0 aromatic carbocycles. The topological polar surface area (TPSA) is 117 Å². The summed E-state index contributed by atoms with van der Waals surface area (Å²) in [5.74, 6) is 0.0372. The van der Waals surface area contributed by atoms with Crippen LogP contribution < -0.4 is 10.2 Å². The lowest BCUT2D eigenvalue weighted by Crippen LogP contribution is -2.42. The first kappa shape index (κ1) is 19.1. The van der Waals surface area contributed by atoms with Crippen LogP contribution in [0.4, 0.5) is 5.82 Å². The molecule has 1 saturated heterocycles. The Bertz CT molecular complexity index is 728. The van der Waals surface area contributed by atoms with Crippen molar-refractivity contribution in [2.24, 2.45) is 17.0 Å². The number of amides is 1. The minimum atomic E-state index is -1.08. The molecular weight excluding hydrogens is 350 g/mol. The first-order valence-corrected chi connectivity index (χ1v) is 9.24. The summed E-state index contributed by atoms with van der Waals surface area (Å²) < 4.78 is 0. The maximum absolute atomic E-state index is 12.2. The second-order valence-corrected chi connectivity index (χ2v) is 7.28. The highest BCUT2D eigenvalue weighted by Gasteiger charge is 2.30. The third kappa shape index (κ3) is 4.72. The van der Waals surface area contributed by atoms with Crippen LogP contribution in [0.25, 0.3) is 0 Å². The van der Waals surface area contributed by atoms with Crippen molar-refractivity contribution in [1.82, 2.24) is 15.3 Å². The maximum Gasteiger partial charge on any atom is 0.356 e. The lowest BCUT2D eigenvalue weighted by atomic mass is 9.96. The van der Waals surface area contributed by atoms with E-state index in [9.17, 15) is 9.59 Å². The monoisotopic (exact) mass is 375 g/mol. The van der Waals surface area contributed by atoms with E-state index in [1.54, 1.807) is 6.20 Å². The van der Waals surface area contributed by atoms with Gasteiger partial charge in [-0.05, 0) is 24.7 Å². The smallest absolute Gasteiger partial charge is 0.356 e. The average molecular weight is 375 g/mol. The van der Waals surface area contributed by atoms with Crippen LogP contribution in [0, 0.1) is 11.8 Å². The van der Waals surface area contributed by atoms with Crippen molar-refractivity contribution < 1.29 is 19.5 Å². The Morgan fingerprint density at radius 1 is 1.33 bits per heavy atom. The molecule has 0 aliphatic carbocycles. The number of carboxylic acid groups (broad SMARTS) is 1. The van der Waals surface area contributed by atoms with Crippen LogP contribution in [-0.2, 0) is 9.63 Å². The molecule has 0 bridgehead atoms. The predicted octanol–water partition coefficient (Wildman–Crippen LogP) is 1.31. The van der Waals surface area contributed by atoms with Crippen LogP contribution in [0.3, 0.4) is 0 Å². The van der Waals surface area contributed by atoms with E-state index in [0.29, 0.717) is 24.7 Å². The molecule has 146 valence electrons. The molecule has 27 heavy (non-hydrogen) atoms. The fourth-order valence-electron chi connectivity index (χ4n) is 3.21. The normalized spacial score (nSPS) is 20.3. The molecule has 2 N–H and O–H groups in total. The summed E-state index contributed by atoms with van der Waals surface area (Å²) >= 11 is 0. The molecule has 2 aliphatic heterocycles. The Morgan fingerprint density at radius 2 is 2.07 bits per heavy atom. The molecule has 9 heteroatoms. The van der Waals surface area contributed by atoms with Gasteiger partial charge in [0.1, 0.15) is 5.82 Å². The van der Waals surface area contributed by atoms with Crippen LogP contribution >= 0.6 is 0 Å². The van der Waals surface area contributed by atoms with Crippen molar-refractivity contribution in [3.8, 4) is 0 Å². The van der Waals surface area contributed by atoms with E-state index in [1.165, 1.54) is 6.20 Å². The molecule has 0 radical (unpaired) electrons. The van der Waals surface area contributed by atoms with Gasteiger partial charge in [0.05, 0.1) is 18.1 Å². The van der Waals surface area contributed by atoms with E-state index in [-0.39, 0.29) is 17.5 Å². The van der Waals surface area contributed by atoms with Gasteiger partial charge in [-0.3, -0.25) is 9.78 Å². The van der Waals surface area contributed by atoms with Crippen LogP contribution in [0.2, 0.25) is 0 Å². The van der Waals surface area contributed by atoms with E-state index >= 15 is 0 Å². The number of aromatic nitrogens is 2. The zero-order valence-corrected chi connectivity index (χ0v) is 15.6. The summed E-state index contributed by atoms with van der Waals surface area (Å²) in [4.78, 5) is 38.6. The molecule has 1 aromatic rings. The third-order valence-electron chi connectivity index (χ3n) is 5.00. The SMILES string of the molecule is CC(C)C1=NOC(C(=O)NCC2CCN(c3cncc(C(=O)O)n3)CC2)C1. The number of carboxylic acids is 1. The van der Waals surface area contributed by atoms with Crippen molar-refractivity contribution >= 4 is 23.4 Å². The van der Waals surface area contributed by atoms with Crippen molar-refractivity contribution in [3.05, 3.63) is 18.1 Å². The lowest BCUT2D eigenvalue weighted by molar-refractivity contribution is -0.131. The number of nitrogens with one attached hydrogen (secondary N) is 1. The Balaban J connectivity index is 1.43. The average Bonchev–Trinajstić information content (AvgIpc) is 3.17. The Labute approximate surface area is 157 Å². The summed E-state index contributed by atoms with van der Waals surface area (Å²) in [6, 6.07) is 0. The Hall–Kier alpha value is -2.71. The highest BCUT2D eigenvalue weighted by molar-refractivity contribution is 5.93. The number of oxime groups is 1.